The molecule has 1 aliphatic rings. The zero-order valence-electron chi connectivity index (χ0n) is 11.3. The number of carboxylic acid groups (broad SMARTS) is 1. The SMILES string of the molecule is O=C(O)C(Cc1ccccc1)N1C(=O)c2nccnc2C1=O. The lowest BCUT2D eigenvalue weighted by molar-refractivity contribution is -0.141. The van der Waals surface area contributed by atoms with Crippen LogP contribution in [0.5, 0.6) is 0 Å². The second-order valence-electron chi connectivity index (χ2n) is 4.78. The summed E-state index contributed by atoms with van der Waals surface area (Å²) in [5.74, 6) is -2.70. The van der Waals surface area contributed by atoms with Crippen molar-refractivity contribution in [3.8, 4) is 0 Å². The number of carbonyl (C=O) groups is 3. The summed E-state index contributed by atoms with van der Waals surface area (Å²) in [7, 11) is 0. The molecule has 0 saturated carbocycles. The molecule has 2 heterocycles. The molecule has 7 heteroatoms. The molecule has 1 aromatic carbocycles. The average Bonchev–Trinajstić information content (AvgIpc) is 2.78. The van der Waals surface area contributed by atoms with Crippen LogP contribution in [0.1, 0.15) is 26.5 Å². The van der Waals surface area contributed by atoms with Gasteiger partial charge < -0.3 is 5.11 Å². The number of nitrogens with zero attached hydrogens (tertiary/aromatic N) is 3. The molecule has 0 spiro atoms. The van der Waals surface area contributed by atoms with Crippen molar-refractivity contribution in [3.05, 3.63) is 59.7 Å². The minimum absolute atomic E-state index is 0.0294. The van der Waals surface area contributed by atoms with Crippen LogP contribution in [0.25, 0.3) is 0 Å². The van der Waals surface area contributed by atoms with E-state index in [-0.39, 0.29) is 17.8 Å². The number of aromatic nitrogens is 2. The Balaban J connectivity index is 1.95. The van der Waals surface area contributed by atoms with Gasteiger partial charge in [-0.1, -0.05) is 30.3 Å². The first-order valence-electron chi connectivity index (χ1n) is 6.55. The monoisotopic (exact) mass is 297 g/mol. The number of carboxylic acids is 1. The quantitative estimate of drug-likeness (QED) is 0.836. The number of hydrogen-bond acceptors (Lipinski definition) is 5. The normalized spacial score (nSPS) is 14.8. The first-order chi connectivity index (χ1) is 10.6. The molecule has 1 atom stereocenters. The van der Waals surface area contributed by atoms with Crippen LogP contribution < -0.4 is 0 Å². The van der Waals surface area contributed by atoms with Crippen LogP contribution in [0.15, 0.2) is 42.7 Å². The second-order valence-corrected chi connectivity index (χ2v) is 4.78. The highest BCUT2D eigenvalue weighted by Crippen LogP contribution is 2.23. The fraction of sp³-hybridized carbons (Fsp3) is 0.133. The van der Waals surface area contributed by atoms with E-state index in [0.29, 0.717) is 5.56 Å². The molecule has 2 amide bonds. The van der Waals surface area contributed by atoms with Crippen LogP contribution in [0.4, 0.5) is 0 Å². The Morgan fingerprint density at radius 3 is 2.09 bits per heavy atom. The average molecular weight is 297 g/mol. The van der Waals surface area contributed by atoms with Crippen molar-refractivity contribution in [1.82, 2.24) is 14.9 Å². The molecule has 1 unspecified atom stereocenters. The molecule has 0 bridgehead atoms. The summed E-state index contributed by atoms with van der Waals surface area (Å²) < 4.78 is 0. The van der Waals surface area contributed by atoms with Crippen molar-refractivity contribution < 1.29 is 19.5 Å². The van der Waals surface area contributed by atoms with Gasteiger partial charge in [0, 0.05) is 18.8 Å². The van der Waals surface area contributed by atoms with Crippen molar-refractivity contribution in [2.45, 2.75) is 12.5 Å². The number of benzene rings is 1. The molecule has 0 saturated heterocycles. The Kier molecular flexibility index (Phi) is 3.38. The van der Waals surface area contributed by atoms with Gasteiger partial charge >= 0.3 is 5.97 Å². The van der Waals surface area contributed by atoms with E-state index >= 15 is 0 Å². The minimum Gasteiger partial charge on any atom is -0.480 e. The van der Waals surface area contributed by atoms with Crippen LogP contribution in [0.3, 0.4) is 0 Å². The Morgan fingerprint density at radius 1 is 1.05 bits per heavy atom. The highest BCUT2D eigenvalue weighted by molar-refractivity contribution is 6.20. The third kappa shape index (κ3) is 2.22. The van der Waals surface area contributed by atoms with E-state index in [4.69, 9.17) is 0 Å². The van der Waals surface area contributed by atoms with E-state index in [2.05, 4.69) is 9.97 Å². The Labute approximate surface area is 125 Å². The van der Waals surface area contributed by atoms with E-state index in [1.807, 2.05) is 0 Å². The van der Waals surface area contributed by atoms with Gasteiger partial charge in [-0.05, 0) is 5.56 Å². The smallest absolute Gasteiger partial charge is 0.327 e. The number of carbonyl (C=O) groups excluding carboxylic acids is 2. The molecule has 1 aliphatic heterocycles. The van der Waals surface area contributed by atoms with Crippen LogP contribution in [0.2, 0.25) is 0 Å². The first-order valence-corrected chi connectivity index (χ1v) is 6.55. The molecule has 3 rings (SSSR count). The molecule has 0 aliphatic carbocycles. The Bertz CT molecular complexity index is 725. The molecular weight excluding hydrogens is 286 g/mol. The zero-order chi connectivity index (χ0) is 15.7. The van der Waals surface area contributed by atoms with Crippen molar-refractivity contribution in [2.24, 2.45) is 0 Å². The van der Waals surface area contributed by atoms with Crippen LogP contribution in [0, 0.1) is 0 Å². The van der Waals surface area contributed by atoms with E-state index in [1.165, 1.54) is 12.4 Å². The summed E-state index contributed by atoms with van der Waals surface area (Å²) in [5, 5.41) is 9.42. The summed E-state index contributed by atoms with van der Waals surface area (Å²) in [6.07, 6.45) is 2.61. The van der Waals surface area contributed by atoms with Crippen LogP contribution in [-0.4, -0.2) is 43.8 Å². The molecule has 1 N–H and O–H groups in total. The van der Waals surface area contributed by atoms with Gasteiger partial charge in [0.1, 0.15) is 6.04 Å². The fourth-order valence-corrected chi connectivity index (χ4v) is 2.38. The molecule has 2 aromatic rings. The van der Waals surface area contributed by atoms with E-state index in [9.17, 15) is 19.5 Å². The van der Waals surface area contributed by atoms with Gasteiger partial charge in [-0.2, -0.15) is 0 Å². The maximum atomic E-state index is 12.3. The first kappa shape index (κ1) is 13.9. The summed E-state index contributed by atoms with van der Waals surface area (Å²) in [4.78, 5) is 44.5. The lowest BCUT2D eigenvalue weighted by Crippen LogP contribution is -2.46. The van der Waals surface area contributed by atoms with Crippen molar-refractivity contribution in [1.29, 1.82) is 0 Å². The molecule has 1 aromatic heterocycles. The third-order valence-electron chi connectivity index (χ3n) is 3.41. The summed E-state index contributed by atoms with van der Waals surface area (Å²) in [6, 6.07) is 7.52. The summed E-state index contributed by atoms with van der Waals surface area (Å²) in [6.45, 7) is 0. The maximum Gasteiger partial charge on any atom is 0.327 e. The van der Waals surface area contributed by atoms with Gasteiger partial charge in [0.05, 0.1) is 0 Å². The van der Waals surface area contributed by atoms with Crippen molar-refractivity contribution >= 4 is 17.8 Å². The number of rotatable bonds is 4. The Morgan fingerprint density at radius 2 is 1.59 bits per heavy atom. The third-order valence-corrected chi connectivity index (χ3v) is 3.41. The van der Waals surface area contributed by atoms with Crippen LogP contribution in [-0.2, 0) is 11.2 Å². The number of aliphatic carboxylic acids is 1. The molecular formula is C15H11N3O4. The molecule has 7 nitrogen and oxygen atoms in total. The van der Waals surface area contributed by atoms with Gasteiger partial charge in [-0.3, -0.25) is 14.5 Å². The van der Waals surface area contributed by atoms with Gasteiger partial charge in [0.2, 0.25) is 0 Å². The highest BCUT2D eigenvalue weighted by atomic mass is 16.4. The highest BCUT2D eigenvalue weighted by Gasteiger charge is 2.44. The van der Waals surface area contributed by atoms with Gasteiger partial charge in [0.25, 0.3) is 11.8 Å². The predicted octanol–water partition coefficient (Wildman–Crippen LogP) is 0.768. The van der Waals surface area contributed by atoms with Gasteiger partial charge in [-0.25, -0.2) is 14.8 Å². The molecule has 22 heavy (non-hydrogen) atoms. The molecule has 0 fully saturated rings. The number of fused-ring (bicyclic) bond motifs is 1. The lowest BCUT2D eigenvalue weighted by Gasteiger charge is -2.22. The van der Waals surface area contributed by atoms with Crippen LogP contribution >= 0.6 is 0 Å². The maximum absolute atomic E-state index is 12.3. The molecule has 0 radical (unpaired) electrons. The molecule has 110 valence electrons. The standard InChI is InChI=1S/C15H11N3O4/c19-13-11-12(17-7-6-16-11)14(20)18(13)10(15(21)22)8-9-4-2-1-3-5-9/h1-7,10H,8H2,(H,21,22). The predicted molar refractivity (Wildman–Crippen MR) is 74.1 cm³/mol. The van der Waals surface area contributed by atoms with Gasteiger partial charge in [-0.15, -0.1) is 0 Å². The lowest BCUT2D eigenvalue weighted by atomic mass is 10.0. The number of imide groups is 1. The minimum atomic E-state index is -1.29. The van der Waals surface area contributed by atoms with Crippen molar-refractivity contribution in [3.63, 3.8) is 0 Å². The van der Waals surface area contributed by atoms with Gasteiger partial charge in [0.15, 0.2) is 11.4 Å². The van der Waals surface area contributed by atoms with E-state index in [1.54, 1.807) is 30.3 Å². The number of hydrogen-bond donors (Lipinski definition) is 1. The largest absolute Gasteiger partial charge is 0.480 e. The Hall–Kier alpha value is -3.09. The second kappa shape index (κ2) is 5.36. The summed E-state index contributed by atoms with van der Waals surface area (Å²) in [5.41, 5.74) is 0.506. The number of amides is 2. The van der Waals surface area contributed by atoms with E-state index < -0.39 is 23.8 Å². The topological polar surface area (TPSA) is 100 Å². The van der Waals surface area contributed by atoms with E-state index in [0.717, 1.165) is 4.90 Å². The van der Waals surface area contributed by atoms with Crippen molar-refractivity contribution in [2.75, 3.05) is 0 Å². The summed E-state index contributed by atoms with van der Waals surface area (Å²) >= 11 is 0. The fourth-order valence-electron chi connectivity index (χ4n) is 2.38. The zero-order valence-corrected chi connectivity index (χ0v) is 11.3.